The molecule has 0 unspecified atom stereocenters. The smallest absolute Gasteiger partial charge is 0.180 e. The van der Waals surface area contributed by atoms with Gasteiger partial charge in [-0.05, 0) is 12.0 Å². The molecule has 4 heteroatoms. The topological polar surface area (TPSA) is 42.2 Å². The monoisotopic (exact) mass is 237 g/mol. The highest BCUT2D eigenvalue weighted by Crippen LogP contribution is 2.44. The van der Waals surface area contributed by atoms with Gasteiger partial charge in [0.25, 0.3) is 0 Å². The van der Waals surface area contributed by atoms with Crippen LogP contribution >= 0.6 is 11.6 Å². The summed E-state index contributed by atoms with van der Waals surface area (Å²) in [5, 5.41) is 9.53. The average Bonchev–Trinajstić information content (AvgIpc) is 2.28. The Bertz CT molecular complexity index is 463. The summed E-state index contributed by atoms with van der Waals surface area (Å²) in [4.78, 5) is 0. The van der Waals surface area contributed by atoms with Gasteiger partial charge in [0, 0.05) is 5.56 Å². The van der Waals surface area contributed by atoms with Gasteiger partial charge in [-0.15, -0.1) is 0 Å². The summed E-state index contributed by atoms with van der Waals surface area (Å²) in [6.45, 7) is 5.03. The van der Waals surface area contributed by atoms with Crippen molar-refractivity contribution in [3.05, 3.63) is 22.2 Å². The van der Waals surface area contributed by atoms with Crippen molar-refractivity contribution in [2.45, 2.75) is 19.8 Å². The Labute approximate surface area is 99.5 Å². The van der Waals surface area contributed by atoms with Gasteiger partial charge in [-0.2, -0.15) is 5.26 Å². The normalized spacial score (nSPS) is 13.7. The van der Waals surface area contributed by atoms with E-state index in [2.05, 4.69) is 6.07 Å². The Balaban J connectivity index is 2.69. The molecule has 1 aromatic rings. The van der Waals surface area contributed by atoms with Crippen LogP contribution in [0.5, 0.6) is 11.5 Å². The highest BCUT2D eigenvalue weighted by molar-refractivity contribution is 6.32. The van der Waals surface area contributed by atoms with Crippen LogP contribution in [0.1, 0.15) is 30.9 Å². The van der Waals surface area contributed by atoms with E-state index in [1.165, 1.54) is 0 Å². The molecule has 0 radical (unpaired) electrons. The highest BCUT2D eigenvalue weighted by Gasteiger charge is 2.24. The molecular weight excluding hydrogens is 226 g/mol. The van der Waals surface area contributed by atoms with Crippen LogP contribution in [0.25, 0.3) is 0 Å². The Hall–Kier alpha value is -1.40. The first-order valence-electron chi connectivity index (χ1n) is 5.17. The molecule has 3 nitrogen and oxygen atoms in total. The zero-order valence-electron chi connectivity index (χ0n) is 9.21. The van der Waals surface area contributed by atoms with Crippen LogP contribution in [0.2, 0.25) is 5.02 Å². The fourth-order valence-corrected chi connectivity index (χ4v) is 2.10. The zero-order chi connectivity index (χ0) is 11.7. The van der Waals surface area contributed by atoms with Crippen LogP contribution in [0.4, 0.5) is 0 Å². The molecule has 84 valence electrons. The van der Waals surface area contributed by atoms with Crippen LogP contribution in [-0.2, 0) is 0 Å². The second-order valence-electron chi connectivity index (χ2n) is 3.94. The fourth-order valence-electron chi connectivity index (χ4n) is 1.85. The van der Waals surface area contributed by atoms with E-state index in [-0.39, 0.29) is 5.92 Å². The number of nitriles is 1. The molecule has 0 aliphatic carbocycles. The second-order valence-corrected chi connectivity index (χ2v) is 4.35. The lowest BCUT2D eigenvalue weighted by Gasteiger charge is -2.24. The average molecular weight is 238 g/mol. The summed E-state index contributed by atoms with van der Waals surface area (Å²) < 4.78 is 11.1. The first-order valence-corrected chi connectivity index (χ1v) is 5.55. The van der Waals surface area contributed by atoms with Crippen molar-refractivity contribution in [3.63, 3.8) is 0 Å². The first kappa shape index (κ1) is 11.1. The SMILES string of the molecule is CC(C)c1c(C#N)cc(Cl)c2c1OCCO2. The Morgan fingerprint density at radius 1 is 1.31 bits per heavy atom. The molecule has 1 heterocycles. The Morgan fingerprint density at radius 2 is 1.94 bits per heavy atom. The number of rotatable bonds is 1. The summed E-state index contributed by atoms with van der Waals surface area (Å²) in [5.41, 5.74) is 1.44. The van der Waals surface area contributed by atoms with Crippen molar-refractivity contribution >= 4 is 11.6 Å². The van der Waals surface area contributed by atoms with Crippen LogP contribution in [-0.4, -0.2) is 13.2 Å². The summed E-state index contributed by atoms with van der Waals surface area (Å²) in [5.74, 6) is 1.39. The Morgan fingerprint density at radius 3 is 2.50 bits per heavy atom. The van der Waals surface area contributed by atoms with Gasteiger partial charge in [0.2, 0.25) is 0 Å². The molecule has 1 aromatic carbocycles. The third-order valence-corrected chi connectivity index (χ3v) is 2.78. The maximum Gasteiger partial charge on any atom is 0.180 e. The predicted molar refractivity (Wildman–Crippen MR) is 61.2 cm³/mol. The van der Waals surface area contributed by atoms with E-state index in [9.17, 15) is 0 Å². The van der Waals surface area contributed by atoms with E-state index in [0.717, 1.165) is 5.56 Å². The number of ether oxygens (including phenoxy) is 2. The molecular formula is C12H12ClNO2. The van der Waals surface area contributed by atoms with Crippen molar-refractivity contribution in [2.75, 3.05) is 13.2 Å². The Kier molecular flexibility index (Phi) is 2.93. The number of nitrogens with zero attached hydrogens (tertiary/aromatic N) is 1. The van der Waals surface area contributed by atoms with Crippen molar-refractivity contribution in [1.29, 1.82) is 5.26 Å². The van der Waals surface area contributed by atoms with E-state index >= 15 is 0 Å². The number of halogens is 1. The van der Waals surface area contributed by atoms with Gasteiger partial charge in [-0.25, -0.2) is 0 Å². The summed E-state index contributed by atoms with van der Waals surface area (Å²) >= 11 is 6.05. The fraction of sp³-hybridized carbons (Fsp3) is 0.417. The minimum atomic E-state index is 0.197. The summed E-state index contributed by atoms with van der Waals surface area (Å²) in [6, 6.07) is 3.79. The lowest BCUT2D eigenvalue weighted by atomic mass is 9.96. The molecule has 0 fully saturated rings. The van der Waals surface area contributed by atoms with E-state index in [4.69, 9.17) is 26.3 Å². The quantitative estimate of drug-likeness (QED) is 0.754. The summed E-state index contributed by atoms with van der Waals surface area (Å²) in [6.07, 6.45) is 0. The van der Waals surface area contributed by atoms with Crippen molar-refractivity contribution in [3.8, 4) is 17.6 Å². The summed E-state index contributed by atoms with van der Waals surface area (Å²) in [7, 11) is 0. The molecule has 1 aliphatic rings. The maximum atomic E-state index is 9.09. The van der Waals surface area contributed by atoms with Gasteiger partial charge >= 0.3 is 0 Å². The van der Waals surface area contributed by atoms with Crippen LogP contribution in [0, 0.1) is 11.3 Å². The number of hydrogen-bond acceptors (Lipinski definition) is 3. The number of hydrogen-bond donors (Lipinski definition) is 0. The number of fused-ring (bicyclic) bond motifs is 1. The minimum absolute atomic E-state index is 0.197. The van der Waals surface area contributed by atoms with Crippen LogP contribution < -0.4 is 9.47 Å². The van der Waals surface area contributed by atoms with E-state index in [1.54, 1.807) is 6.07 Å². The van der Waals surface area contributed by atoms with E-state index in [0.29, 0.717) is 35.3 Å². The highest BCUT2D eigenvalue weighted by atomic mass is 35.5. The van der Waals surface area contributed by atoms with Crippen molar-refractivity contribution < 1.29 is 9.47 Å². The predicted octanol–water partition coefficient (Wildman–Crippen LogP) is 3.11. The molecule has 0 amide bonds. The lowest BCUT2D eigenvalue weighted by molar-refractivity contribution is 0.169. The third kappa shape index (κ3) is 1.70. The molecule has 0 atom stereocenters. The second kappa shape index (κ2) is 4.23. The molecule has 0 N–H and O–H groups in total. The standard InChI is InChI=1S/C12H12ClNO2/c1-7(2)10-8(6-14)5-9(13)11-12(10)16-4-3-15-11/h5,7H,3-4H2,1-2H3. The third-order valence-electron chi connectivity index (χ3n) is 2.50. The minimum Gasteiger partial charge on any atom is -0.486 e. The van der Waals surface area contributed by atoms with Crippen molar-refractivity contribution in [1.82, 2.24) is 0 Å². The van der Waals surface area contributed by atoms with Gasteiger partial charge in [0.1, 0.15) is 13.2 Å². The number of benzene rings is 1. The molecule has 0 saturated carbocycles. The molecule has 1 aliphatic heterocycles. The molecule has 0 aromatic heterocycles. The lowest BCUT2D eigenvalue weighted by Crippen LogP contribution is -2.18. The molecule has 0 spiro atoms. The van der Waals surface area contributed by atoms with Gasteiger partial charge in [-0.1, -0.05) is 25.4 Å². The van der Waals surface area contributed by atoms with Crippen LogP contribution in [0.15, 0.2) is 6.07 Å². The molecule has 16 heavy (non-hydrogen) atoms. The maximum absolute atomic E-state index is 9.09. The van der Waals surface area contributed by atoms with E-state index in [1.807, 2.05) is 13.8 Å². The van der Waals surface area contributed by atoms with Gasteiger partial charge < -0.3 is 9.47 Å². The molecule has 0 bridgehead atoms. The molecule has 0 saturated heterocycles. The van der Waals surface area contributed by atoms with Gasteiger partial charge in [-0.3, -0.25) is 0 Å². The first-order chi connectivity index (χ1) is 7.65. The largest absolute Gasteiger partial charge is 0.486 e. The zero-order valence-corrected chi connectivity index (χ0v) is 9.97. The van der Waals surface area contributed by atoms with Crippen LogP contribution in [0.3, 0.4) is 0 Å². The van der Waals surface area contributed by atoms with Gasteiger partial charge in [0.05, 0.1) is 16.7 Å². The van der Waals surface area contributed by atoms with Crippen molar-refractivity contribution in [2.24, 2.45) is 0 Å². The van der Waals surface area contributed by atoms with Gasteiger partial charge in [0.15, 0.2) is 11.5 Å². The van der Waals surface area contributed by atoms with E-state index < -0.39 is 0 Å². The molecule has 2 rings (SSSR count).